The summed E-state index contributed by atoms with van der Waals surface area (Å²) in [7, 11) is 2.19. The molecule has 1 fully saturated rings. The molecule has 1 N–H and O–H groups in total. The third kappa shape index (κ3) is 2.72. The molecule has 1 atom stereocenters. The van der Waals surface area contributed by atoms with Gasteiger partial charge in [0, 0.05) is 19.3 Å². The summed E-state index contributed by atoms with van der Waals surface area (Å²) >= 11 is 0. The third-order valence-corrected chi connectivity index (χ3v) is 3.14. The molecule has 0 bridgehead atoms. The minimum absolute atomic E-state index is 0.815. The molecule has 1 saturated heterocycles. The molecule has 0 amide bonds. The highest BCUT2D eigenvalue weighted by atomic mass is 15.1. The van der Waals surface area contributed by atoms with Crippen LogP contribution in [0.5, 0.6) is 0 Å². The Labute approximate surface area is 92.3 Å². The van der Waals surface area contributed by atoms with Gasteiger partial charge in [0.05, 0.1) is 0 Å². The summed E-state index contributed by atoms with van der Waals surface area (Å²) in [5.74, 6) is 0.815. The van der Waals surface area contributed by atoms with Gasteiger partial charge in [0.2, 0.25) is 0 Å². The Balaban J connectivity index is 1.97. The van der Waals surface area contributed by atoms with Crippen LogP contribution in [0.15, 0.2) is 24.3 Å². The Kier molecular flexibility index (Phi) is 3.27. The molecule has 0 radical (unpaired) electrons. The third-order valence-electron chi connectivity index (χ3n) is 3.14. The standard InChI is InChI=1S/C13H20N2/c1-11-4-3-5-13(8-11)15(2)10-12-6-7-14-9-12/h3-5,8,12,14H,6-7,9-10H2,1-2H3. The van der Waals surface area contributed by atoms with Crippen LogP contribution in [0, 0.1) is 12.8 Å². The lowest BCUT2D eigenvalue weighted by molar-refractivity contribution is 0.578. The zero-order valence-corrected chi connectivity index (χ0v) is 9.66. The van der Waals surface area contributed by atoms with Gasteiger partial charge in [0.1, 0.15) is 0 Å². The minimum Gasteiger partial charge on any atom is -0.374 e. The van der Waals surface area contributed by atoms with E-state index in [1.807, 2.05) is 0 Å². The number of benzene rings is 1. The zero-order chi connectivity index (χ0) is 10.7. The summed E-state index contributed by atoms with van der Waals surface area (Å²) in [6, 6.07) is 8.72. The largest absolute Gasteiger partial charge is 0.374 e. The number of hydrogen-bond acceptors (Lipinski definition) is 2. The first-order valence-electron chi connectivity index (χ1n) is 5.74. The van der Waals surface area contributed by atoms with E-state index in [0.29, 0.717) is 0 Å². The number of hydrogen-bond donors (Lipinski definition) is 1. The van der Waals surface area contributed by atoms with Gasteiger partial charge in [-0.05, 0) is 50.0 Å². The zero-order valence-electron chi connectivity index (χ0n) is 9.66. The molecule has 1 unspecified atom stereocenters. The second-order valence-electron chi connectivity index (χ2n) is 4.58. The molecule has 2 nitrogen and oxygen atoms in total. The molecule has 1 aromatic carbocycles. The maximum Gasteiger partial charge on any atom is 0.0366 e. The van der Waals surface area contributed by atoms with E-state index in [9.17, 15) is 0 Å². The molecule has 2 rings (SSSR count). The molecule has 1 aliphatic heterocycles. The van der Waals surface area contributed by atoms with Gasteiger partial charge in [-0.3, -0.25) is 0 Å². The van der Waals surface area contributed by atoms with E-state index < -0.39 is 0 Å². The van der Waals surface area contributed by atoms with Gasteiger partial charge >= 0.3 is 0 Å². The first-order valence-corrected chi connectivity index (χ1v) is 5.74. The van der Waals surface area contributed by atoms with Crippen molar-refractivity contribution in [1.29, 1.82) is 0 Å². The van der Waals surface area contributed by atoms with Crippen LogP contribution in [0.1, 0.15) is 12.0 Å². The highest BCUT2D eigenvalue weighted by Gasteiger charge is 2.16. The van der Waals surface area contributed by atoms with Crippen LogP contribution in [0.3, 0.4) is 0 Å². The molecular weight excluding hydrogens is 184 g/mol. The topological polar surface area (TPSA) is 15.3 Å². The summed E-state index contributed by atoms with van der Waals surface area (Å²) in [5.41, 5.74) is 2.67. The summed E-state index contributed by atoms with van der Waals surface area (Å²) < 4.78 is 0. The SMILES string of the molecule is Cc1cccc(N(C)CC2CCNC2)c1. The van der Waals surface area contributed by atoms with Crippen molar-refractivity contribution < 1.29 is 0 Å². The summed E-state index contributed by atoms with van der Waals surface area (Å²) in [6.07, 6.45) is 1.32. The first-order chi connectivity index (χ1) is 7.25. The van der Waals surface area contributed by atoms with Crippen LogP contribution in [0.2, 0.25) is 0 Å². The van der Waals surface area contributed by atoms with Crippen molar-refractivity contribution in [2.45, 2.75) is 13.3 Å². The molecule has 0 saturated carbocycles. The highest BCUT2D eigenvalue weighted by molar-refractivity contribution is 5.47. The monoisotopic (exact) mass is 204 g/mol. The number of anilines is 1. The van der Waals surface area contributed by atoms with Gasteiger partial charge in [0.15, 0.2) is 0 Å². The van der Waals surface area contributed by atoms with Crippen LogP contribution in [0.25, 0.3) is 0 Å². The fourth-order valence-electron chi connectivity index (χ4n) is 2.23. The Bertz CT molecular complexity index is 316. The van der Waals surface area contributed by atoms with E-state index in [-0.39, 0.29) is 0 Å². The Morgan fingerprint density at radius 3 is 3.00 bits per heavy atom. The number of aryl methyl sites for hydroxylation is 1. The van der Waals surface area contributed by atoms with Crippen LogP contribution in [0.4, 0.5) is 5.69 Å². The molecule has 1 heterocycles. The lowest BCUT2D eigenvalue weighted by Crippen LogP contribution is -2.26. The number of rotatable bonds is 3. The van der Waals surface area contributed by atoms with Crippen molar-refractivity contribution in [3.05, 3.63) is 29.8 Å². The van der Waals surface area contributed by atoms with E-state index in [4.69, 9.17) is 0 Å². The smallest absolute Gasteiger partial charge is 0.0366 e. The molecule has 0 spiro atoms. The van der Waals surface area contributed by atoms with Crippen molar-refractivity contribution >= 4 is 5.69 Å². The Morgan fingerprint density at radius 2 is 2.33 bits per heavy atom. The van der Waals surface area contributed by atoms with Gasteiger partial charge in [-0.2, -0.15) is 0 Å². The van der Waals surface area contributed by atoms with Crippen LogP contribution >= 0.6 is 0 Å². The summed E-state index contributed by atoms with van der Waals surface area (Å²) in [5, 5.41) is 3.41. The van der Waals surface area contributed by atoms with E-state index in [0.717, 1.165) is 12.5 Å². The number of nitrogens with one attached hydrogen (secondary N) is 1. The Morgan fingerprint density at radius 1 is 1.47 bits per heavy atom. The lowest BCUT2D eigenvalue weighted by atomic mass is 10.1. The van der Waals surface area contributed by atoms with E-state index in [2.05, 4.69) is 48.5 Å². The van der Waals surface area contributed by atoms with Crippen molar-refractivity contribution in [2.75, 3.05) is 31.6 Å². The summed E-state index contributed by atoms with van der Waals surface area (Å²) in [4.78, 5) is 2.37. The van der Waals surface area contributed by atoms with Gasteiger partial charge in [-0.1, -0.05) is 12.1 Å². The molecule has 1 aliphatic rings. The van der Waals surface area contributed by atoms with Gasteiger partial charge in [0.25, 0.3) is 0 Å². The second kappa shape index (κ2) is 4.67. The molecule has 0 aromatic heterocycles. The fourth-order valence-corrected chi connectivity index (χ4v) is 2.23. The molecular formula is C13H20N2. The van der Waals surface area contributed by atoms with Crippen LogP contribution in [-0.2, 0) is 0 Å². The van der Waals surface area contributed by atoms with Crippen LogP contribution in [-0.4, -0.2) is 26.7 Å². The normalized spacial score (nSPS) is 20.5. The average Bonchev–Trinajstić information content (AvgIpc) is 2.70. The predicted molar refractivity (Wildman–Crippen MR) is 65.4 cm³/mol. The van der Waals surface area contributed by atoms with Crippen molar-refractivity contribution in [3.63, 3.8) is 0 Å². The Hall–Kier alpha value is -1.02. The maximum absolute atomic E-state index is 3.41. The van der Waals surface area contributed by atoms with Crippen molar-refractivity contribution in [3.8, 4) is 0 Å². The van der Waals surface area contributed by atoms with E-state index >= 15 is 0 Å². The molecule has 0 aliphatic carbocycles. The lowest BCUT2D eigenvalue weighted by Gasteiger charge is -2.23. The van der Waals surface area contributed by atoms with E-state index in [1.54, 1.807) is 0 Å². The number of nitrogens with zero attached hydrogens (tertiary/aromatic N) is 1. The fraction of sp³-hybridized carbons (Fsp3) is 0.538. The second-order valence-corrected chi connectivity index (χ2v) is 4.58. The quantitative estimate of drug-likeness (QED) is 0.810. The average molecular weight is 204 g/mol. The van der Waals surface area contributed by atoms with Gasteiger partial charge < -0.3 is 10.2 Å². The molecule has 1 aromatic rings. The first kappa shape index (κ1) is 10.5. The molecule has 15 heavy (non-hydrogen) atoms. The van der Waals surface area contributed by atoms with Crippen molar-refractivity contribution in [2.24, 2.45) is 5.92 Å². The molecule has 2 heteroatoms. The highest BCUT2D eigenvalue weighted by Crippen LogP contribution is 2.17. The minimum atomic E-state index is 0.815. The van der Waals surface area contributed by atoms with Crippen molar-refractivity contribution in [1.82, 2.24) is 5.32 Å². The van der Waals surface area contributed by atoms with Gasteiger partial charge in [-0.15, -0.1) is 0 Å². The molecule has 82 valence electrons. The maximum atomic E-state index is 3.41. The predicted octanol–water partition coefficient (Wildman–Crippen LogP) is 2.04. The van der Waals surface area contributed by atoms with Crippen LogP contribution < -0.4 is 10.2 Å². The van der Waals surface area contributed by atoms with Gasteiger partial charge in [-0.25, -0.2) is 0 Å². The summed E-state index contributed by atoms with van der Waals surface area (Å²) in [6.45, 7) is 5.67. The van der Waals surface area contributed by atoms with E-state index in [1.165, 1.54) is 30.8 Å².